The molecule has 0 fully saturated rings. The van der Waals surface area contributed by atoms with Gasteiger partial charge in [0.05, 0.1) is 19.9 Å². The minimum Gasteiger partial charge on any atom is -0.496 e. The van der Waals surface area contributed by atoms with E-state index in [1.807, 2.05) is 12.1 Å². The van der Waals surface area contributed by atoms with E-state index in [0.717, 1.165) is 36.2 Å². The van der Waals surface area contributed by atoms with Crippen molar-refractivity contribution in [3.05, 3.63) is 77.0 Å². The first-order valence-corrected chi connectivity index (χ1v) is 12.9. The predicted octanol–water partition coefficient (Wildman–Crippen LogP) is 9.06. The molecular formula is C32H43NO3. The van der Waals surface area contributed by atoms with Gasteiger partial charge >= 0.3 is 0 Å². The molecule has 0 N–H and O–H groups in total. The quantitative estimate of drug-likeness (QED) is 0.220. The van der Waals surface area contributed by atoms with Crippen LogP contribution in [0.4, 0.5) is 11.4 Å². The summed E-state index contributed by atoms with van der Waals surface area (Å²) in [7, 11) is 3.16. The highest BCUT2D eigenvalue weighted by Crippen LogP contribution is 2.39. The number of anilines is 2. The van der Waals surface area contributed by atoms with Crippen LogP contribution in [0.2, 0.25) is 0 Å². The van der Waals surface area contributed by atoms with Crippen molar-refractivity contribution in [2.75, 3.05) is 19.1 Å². The van der Waals surface area contributed by atoms with E-state index in [1.165, 1.54) is 23.6 Å². The molecule has 4 heteroatoms. The summed E-state index contributed by atoms with van der Waals surface area (Å²) in [4.78, 5) is 14.5. The van der Waals surface area contributed by atoms with Crippen LogP contribution >= 0.6 is 0 Å². The summed E-state index contributed by atoms with van der Waals surface area (Å²) in [5.41, 5.74) is 7.24. The van der Waals surface area contributed by atoms with E-state index >= 15 is 0 Å². The van der Waals surface area contributed by atoms with Crippen LogP contribution in [0.5, 0.6) is 11.5 Å². The van der Waals surface area contributed by atoms with Crippen LogP contribution in [0.15, 0.2) is 60.3 Å². The topological polar surface area (TPSA) is 38.8 Å². The fourth-order valence-electron chi connectivity index (χ4n) is 4.00. The third kappa shape index (κ3) is 7.13. The molecule has 0 aliphatic heterocycles. The molecule has 1 atom stereocenters. The molecule has 4 nitrogen and oxygen atoms in total. The zero-order valence-corrected chi connectivity index (χ0v) is 23.6. The molecule has 0 bridgehead atoms. The van der Waals surface area contributed by atoms with Gasteiger partial charge in [-0.25, -0.2) is 0 Å². The van der Waals surface area contributed by atoms with Gasteiger partial charge in [0.1, 0.15) is 17.1 Å². The lowest BCUT2D eigenvalue weighted by atomic mass is 9.96. The van der Waals surface area contributed by atoms with Gasteiger partial charge in [0.25, 0.3) is 0 Å². The van der Waals surface area contributed by atoms with Gasteiger partial charge in [-0.1, -0.05) is 64.0 Å². The molecule has 1 unspecified atom stereocenters. The molecular weight excluding hydrogens is 446 g/mol. The van der Waals surface area contributed by atoms with E-state index in [2.05, 4.69) is 89.1 Å². The van der Waals surface area contributed by atoms with E-state index in [-0.39, 0.29) is 5.78 Å². The number of carbonyl (C=O) groups is 1. The molecule has 0 aromatic heterocycles. The number of rotatable bonds is 12. The molecule has 2 aromatic rings. The van der Waals surface area contributed by atoms with Crippen molar-refractivity contribution in [2.24, 2.45) is 5.92 Å². The Bertz CT molecular complexity index is 1120. The Morgan fingerprint density at radius 2 is 1.67 bits per heavy atom. The molecule has 2 aromatic carbocycles. The lowest BCUT2D eigenvalue weighted by Crippen LogP contribution is -2.13. The van der Waals surface area contributed by atoms with Crippen molar-refractivity contribution in [1.29, 1.82) is 0 Å². The molecule has 36 heavy (non-hydrogen) atoms. The SMILES string of the molecule is CC/C=C/C(=C\C(C)CC)c1ccc(N(/C=C(/C)CC)c2cc(OC)c(C(C)=O)c(OC)c2)c(C)c1. The third-order valence-corrected chi connectivity index (χ3v) is 6.46. The van der Waals surface area contributed by atoms with Crippen molar-refractivity contribution in [1.82, 2.24) is 0 Å². The number of carbonyl (C=O) groups excluding carboxylic acids is 1. The van der Waals surface area contributed by atoms with Crippen molar-refractivity contribution in [2.45, 2.75) is 67.7 Å². The number of benzene rings is 2. The molecule has 194 valence electrons. The number of Topliss-reactive ketones (excluding diaryl/α,β-unsaturated/α-hetero) is 1. The van der Waals surface area contributed by atoms with E-state index < -0.39 is 0 Å². The van der Waals surface area contributed by atoms with Gasteiger partial charge in [0, 0.05) is 24.0 Å². The summed E-state index contributed by atoms with van der Waals surface area (Å²) in [5, 5.41) is 0. The Hall–Kier alpha value is -3.27. The molecule has 0 heterocycles. The average Bonchev–Trinajstić information content (AvgIpc) is 2.88. The van der Waals surface area contributed by atoms with Crippen molar-refractivity contribution < 1.29 is 14.3 Å². The maximum atomic E-state index is 12.3. The highest BCUT2D eigenvalue weighted by atomic mass is 16.5. The highest BCUT2D eigenvalue weighted by Gasteiger charge is 2.20. The van der Waals surface area contributed by atoms with Crippen LogP contribution in [0, 0.1) is 12.8 Å². The highest BCUT2D eigenvalue weighted by molar-refractivity contribution is 6.00. The van der Waals surface area contributed by atoms with E-state index in [4.69, 9.17) is 9.47 Å². The van der Waals surface area contributed by atoms with Crippen LogP contribution < -0.4 is 14.4 Å². The predicted molar refractivity (Wildman–Crippen MR) is 154 cm³/mol. The summed E-state index contributed by atoms with van der Waals surface area (Å²) in [5.74, 6) is 1.42. The Morgan fingerprint density at radius 1 is 1.03 bits per heavy atom. The van der Waals surface area contributed by atoms with E-state index in [1.54, 1.807) is 14.2 Å². The molecule has 0 radical (unpaired) electrons. The first-order valence-electron chi connectivity index (χ1n) is 12.9. The number of aryl methyl sites for hydroxylation is 1. The van der Waals surface area contributed by atoms with Crippen LogP contribution in [-0.2, 0) is 0 Å². The molecule has 0 spiro atoms. The second-order valence-electron chi connectivity index (χ2n) is 9.30. The fraction of sp³-hybridized carbons (Fsp3) is 0.406. The van der Waals surface area contributed by atoms with Crippen molar-refractivity contribution in [3.63, 3.8) is 0 Å². The first kappa shape index (κ1) is 29.0. The fourth-order valence-corrected chi connectivity index (χ4v) is 4.00. The number of allylic oxidation sites excluding steroid dienone is 5. The normalized spacial score (nSPS) is 13.1. The van der Waals surface area contributed by atoms with Crippen LogP contribution in [0.3, 0.4) is 0 Å². The Kier molecular flexibility index (Phi) is 11.0. The molecule has 2 rings (SSSR count). The number of nitrogens with zero attached hydrogens (tertiary/aromatic N) is 1. The lowest BCUT2D eigenvalue weighted by Gasteiger charge is -2.26. The first-order chi connectivity index (χ1) is 17.2. The standard InChI is InChI=1S/C32H43NO3/c1-10-13-14-26(17-22(4)11-2)27-15-16-29(24(6)18-27)33(21-23(5)12-3)28-19-30(35-8)32(25(7)34)31(20-28)36-9/h13-22H,10-12H2,1-9H3/b14-13+,23-21-,26-17+. The maximum absolute atomic E-state index is 12.3. The number of hydrogen-bond acceptors (Lipinski definition) is 4. The lowest BCUT2D eigenvalue weighted by molar-refractivity contribution is 0.101. The average molecular weight is 490 g/mol. The Morgan fingerprint density at radius 3 is 2.14 bits per heavy atom. The zero-order valence-electron chi connectivity index (χ0n) is 23.6. The summed E-state index contributed by atoms with van der Waals surface area (Å²) in [6.45, 7) is 14.6. The smallest absolute Gasteiger partial charge is 0.167 e. The Labute approximate surface area is 218 Å². The largest absolute Gasteiger partial charge is 0.496 e. The summed E-state index contributed by atoms with van der Waals surface area (Å²) >= 11 is 0. The summed E-state index contributed by atoms with van der Waals surface area (Å²) in [6, 6.07) is 10.4. The molecule has 0 aliphatic rings. The van der Waals surface area contributed by atoms with Gasteiger partial charge in [-0.15, -0.1) is 0 Å². The third-order valence-electron chi connectivity index (χ3n) is 6.46. The second kappa shape index (κ2) is 13.7. The van der Waals surface area contributed by atoms with Crippen molar-refractivity contribution >= 4 is 22.7 Å². The van der Waals surface area contributed by atoms with Crippen LogP contribution in [0.1, 0.15) is 82.3 Å². The number of hydrogen-bond donors (Lipinski definition) is 0. The van der Waals surface area contributed by atoms with Crippen LogP contribution in [0.25, 0.3) is 5.57 Å². The minimum absolute atomic E-state index is 0.0941. The van der Waals surface area contributed by atoms with Gasteiger partial charge in [-0.2, -0.15) is 0 Å². The Balaban J connectivity index is 2.72. The van der Waals surface area contributed by atoms with Crippen molar-refractivity contribution in [3.8, 4) is 11.5 Å². The molecule has 0 saturated carbocycles. The molecule has 0 aliphatic carbocycles. The number of ether oxygens (including phenoxy) is 2. The molecule has 0 saturated heterocycles. The number of ketones is 1. The zero-order chi connectivity index (χ0) is 26.8. The monoisotopic (exact) mass is 489 g/mol. The van der Waals surface area contributed by atoms with E-state index in [9.17, 15) is 4.79 Å². The van der Waals surface area contributed by atoms with E-state index in [0.29, 0.717) is 23.0 Å². The second-order valence-corrected chi connectivity index (χ2v) is 9.30. The summed E-state index contributed by atoms with van der Waals surface area (Å²) < 4.78 is 11.2. The van der Waals surface area contributed by atoms with Gasteiger partial charge in [0.2, 0.25) is 0 Å². The number of methoxy groups -OCH3 is 2. The molecule has 0 amide bonds. The van der Waals surface area contributed by atoms with Crippen LogP contribution in [-0.4, -0.2) is 20.0 Å². The summed E-state index contributed by atoms with van der Waals surface area (Å²) in [6.07, 6.45) is 12.0. The van der Waals surface area contributed by atoms with Gasteiger partial charge < -0.3 is 14.4 Å². The van der Waals surface area contributed by atoms with Gasteiger partial charge in [-0.3, -0.25) is 4.79 Å². The van der Waals surface area contributed by atoms with Gasteiger partial charge in [0.15, 0.2) is 5.78 Å². The minimum atomic E-state index is -0.0941. The maximum Gasteiger partial charge on any atom is 0.167 e. The van der Waals surface area contributed by atoms with Gasteiger partial charge in [-0.05, 0) is 68.4 Å².